The van der Waals surface area contributed by atoms with E-state index in [9.17, 15) is 4.79 Å². The van der Waals surface area contributed by atoms with Crippen molar-refractivity contribution in [3.63, 3.8) is 0 Å². The summed E-state index contributed by atoms with van der Waals surface area (Å²) >= 11 is 5.92. The minimum atomic E-state index is -0.449. The lowest BCUT2D eigenvalue weighted by Crippen LogP contribution is -2.56. The lowest BCUT2D eigenvalue weighted by atomic mass is 9.97. The van der Waals surface area contributed by atoms with E-state index in [1.807, 2.05) is 36.1 Å². The number of carbonyl (C=O) groups is 1. The van der Waals surface area contributed by atoms with Gasteiger partial charge in [-0.3, -0.25) is 9.69 Å². The topological polar surface area (TPSA) is 81.6 Å². The van der Waals surface area contributed by atoms with Crippen LogP contribution in [0.4, 0.5) is 0 Å². The van der Waals surface area contributed by atoms with Gasteiger partial charge in [-0.05, 0) is 24.6 Å². The first-order valence-corrected chi connectivity index (χ1v) is 7.02. The number of nitrogens with zero attached hydrogens (tertiary/aromatic N) is 1. The summed E-state index contributed by atoms with van der Waals surface area (Å²) in [4.78, 5) is 13.6. The van der Waals surface area contributed by atoms with E-state index in [0.29, 0.717) is 24.8 Å². The van der Waals surface area contributed by atoms with E-state index in [1.54, 1.807) is 0 Å². The number of carbonyl (C=O) groups excluding carboxylic acids is 1. The Bertz CT molecular complexity index is 464. The highest BCUT2D eigenvalue weighted by Gasteiger charge is 2.35. The van der Waals surface area contributed by atoms with Crippen LogP contribution in [0, 0.1) is 0 Å². The Kier molecular flexibility index (Phi) is 4.99. The number of benzene rings is 1. The molecule has 1 amide bonds. The first kappa shape index (κ1) is 15.3. The fourth-order valence-corrected chi connectivity index (χ4v) is 2.78. The van der Waals surface area contributed by atoms with Crippen LogP contribution in [-0.2, 0) is 9.53 Å². The summed E-state index contributed by atoms with van der Waals surface area (Å²) in [5, 5.41) is 0.672. The zero-order valence-electron chi connectivity index (χ0n) is 11.5. The molecular weight excluding hydrogens is 278 g/mol. The van der Waals surface area contributed by atoms with Gasteiger partial charge in [-0.1, -0.05) is 23.7 Å². The van der Waals surface area contributed by atoms with Crippen LogP contribution in [0.3, 0.4) is 0 Å². The highest BCUT2D eigenvalue weighted by molar-refractivity contribution is 6.30. The maximum atomic E-state index is 11.6. The minimum Gasteiger partial charge on any atom is -0.378 e. The Morgan fingerprint density at radius 1 is 1.45 bits per heavy atom. The number of rotatable bonds is 4. The maximum absolute atomic E-state index is 11.6. The van der Waals surface area contributed by atoms with Gasteiger partial charge in [0.2, 0.25) is 5.91 Å². The third-order valence-corrected chi connectivity index (χ3v) is 3.82. The van der Waals surface area contributed by atoms with E-state index in [4.69, 9.17) is 27.8 Å². The molecule has 1 heterocycles. The summed E-state index contributed by atoms with van der Waals surface area (Å²) in [5.41, 5.74) is 12.6. The summed E-state index contributed by atoms with van der Waals surface area (Å²) in [6.45, 7) is 3.43. The number of amides is 1. The molecule has 5 nitrogen and oxygen atoms in total. The molecule has 1 aliphatic heterocycles. The third-order valence-electron chi connectivity index (χ3n) is 3.57. The Hall–Kier alpha value is -1.14. The van der Waals surface area contributed by atoms with Crippen LogP contribution in [-0.4, -0.2) is 42.6 Å². The monoisotopic (exact) mass is 297 g/mol. The Labute approximate surface area is 123 Å². The first-order chi connectivity index (χ1) is 9.50. The van der Waals surface area contributed by atoms with Crippen LogP contribution < -0.4 is 11.5 Å². The zero-order valence-corrected chi connectivity index (χ0v) is 12.2. The van der Waals surface area contributed by atoms with E-state index in [2.05, 4.69) is 0 Å². The first-order valence-electron chi connectivity index (χ1n) is 6.64. The molecule has 1 aromatic rings. The van der Waals surface area contributed by atoms with Crippen LogP contribution >= 0.6 is 11.6 Å². The van der Waals surface area contributed by atoms with Gasteiger partial charge >= 0.3 is 0 Å². The normalized spacial score (nSPS) is 23.2. The standard InChI is InChI=1S/C14H20ClN3O2/c1-9(16)13(10-2-4-11(15)5-3-10)18-6-7-20-8-12(18)14(17)19/h2-5,9,12-13H,6-8,16H2,1H3,(H2,17,19). The van der Waals surface area contributed by atoms with Gasteiger partial charge in [0.1, 0.15) is 6.04 Å². The van der Waals surface area contributed by atoms with Crippen molar-refractivity contribution in [3.8, 4) is 0 Å². The highest BCUT2D eigenvalue weighted by atomic mass is 35.5. The van der Waals surface area contributed by atoms with Crippen LogP contribution in [0.15, 0.2) is 24.3 Å². The molecule has 4 N–H and O–H groups in total. The second-order valence-corrected chi connectivity index (χ2v) is 5.52. The van der Waals surface area contributed by atoms with Crippen molar-refractivity contribution < 1.29 is 9.53 Å². The second kappa shape index (κ2) is 6.54. The van der Waals surface area contributed by atoms with Gasteiger partial charge in [-0.2, -0.15) is 0 Å². The van der Waals surface area contributed by atoms with E-state index >= 15 is 0 Å². The predicted octanol–water partition coefficient (Wildman–Crippen LogP) is 0.914. The average Bonchev–Trinajstić information content (AvgIpc) is 2.41. The molecule has 3 unspecified atom stereocenters. The van der Waals surface area contributed by atoms with Crippen molar-refractivity contribution in [2.24, 2.45) is 11.5 Å². The number of morpholine rings is 1. The van der Waals surface area contributed by atoms with Crippen LogP contribution in [0.5, 0.6) is 0 Å². The molecule has 0 bridgehead atoms. The SMILES string of the molecule is CC(N)C(c1ccc(Cl)cc1)N1CCOCC1C(N)=O. The summed E-state index contributed by atoms with van der Waals surface area (Å²) in [5.74, 6) is -0.385. The van der Waals surface area contributed by atoms with Crippen molar-refractivity contribution in [1.82, 2.24) is 4.90 Å². The van der Waals surface area contributed by atoms with Gasteiger partial charge in [0.15, 0.2) is 0 Å². The lowest BCUT2D eigenvalue weighted by molar-refractivity contribution is -0.131. The van der Waals surface area contributed by atoms with E-state index in [0.717, 1.165) is 5.56 Å². The average molecular weight is 298 g/mol. The molecular formula is C14H20ClN3O2. The molecule has 0 saturated carbocycles. The van der Waals surface area contributed by atoms with E-state index in [1.165, 1.54) is 0 Å². The molecule has 0 aliphatic carbocycles. The van der Waals surface area contributed by atoms with Crippen molar-refractivity contribution in [2.75, 3.05) is 19.8 Å². The van der Waals surface area contributed by atoms with Crippen molar-refractivity contribution in [3.05, 3.63) is 34.9 Å². The Morgan fingerprint density at radius 2 is 2.10 bits per heavy atom. The molecule has 1 fully saturated rings. The molecule has 1 aromatic carbocycles. The van der Waals surface area contributed by atoms with Crippen LogP contribution in [0.2, 0.25) is 5.02 Å². The van der Waals surface area contributed by atoms with Gasteiger partial charge in [-0.15, -0.1) is 0 Å². The largest absolute Gasteiger partial charge is 0.378 e. The summed E-state index contributed by atoms with van der Waals surface area (Å²) in [7, 11) is 0. The molecule has 1 aliphatic rings. The quantitative estimate of drug-likeness (QED) is 0.866. The number of halogens is 1. The minimum absolute atomic E-state index is 0.0892. The number of hydrogen-bond acceptors (Lipinski definition) is 4. The fraction of sp³-hybridized carbons (Fsp3) is 0.500. The Balaban J connectivity index is 2.31. The molecule has 6 heteroatoms. The molecule has 2 rings (SSSR count). The summed E-state index contributed by atoms with van der Waals surface area (Å²) in [6.07, 6.45) is 0. The lowest BCUT2D eigenvalue weighted by Gasteiger charge is -2.41. The number of primary amides is 1. The van der Waals surface area contributed by atoms with Gasteiger partial charge in [0, 0.05) is 17.6 Å². The van der Waals surface area contributed by atoms with Crippen LogP contribution in [0.25, 0.3) is 0 Å². The molecule has 0 radical (unpaired) electrons. The van der Waals surface area contributed by atoms with Crippen molar-refractivity contribution in [1.29, 1.82) is 0 Å². The smallest absolute Gasteiger partial charge is 0.237 e. The molecule has 20 heavy (non-hydrogen) atoms. The molecule has 0 aromatic heterocycles. The maximum Gasteiger partial charge on any atom is 0.237 e. The fourth-order valence-electron chi connectivity index (χ4n) is 2.65. The number of nitrogens with two attached hydrogens (primary N) is 2. The molecule has 1 saturated heterocycles. The van der Waals surface area contributed by atoms with Gasteiger partial charge in [0.25, 0.3) is 0 Å². The number of hydrogen-bond donors (Lipinski definition) is 2. The molecule has 0 spiro atoms. The van der Waals surface area contributed by atoms with Crippen LogP contribution in [0.1, 0.15) is 18.5 Å². The second-order valence-electron chi connectivity index (χ2n) is 5.09. The van der Waals surface area contributed by atoms with Crippen molar-refractivity contribution >= 4 is 17.5 Å². The van der Waals surface area contributed by atoms with Gasteiger partial charge < -0.3 is 16.2 Å². The highest BCUT2D eigenvalue weighted by Crippen LogP contribution is 2.28. The predicted molar refractivity (Wildman–Crippen MR) is 78.3 cm³/mol. The van der Waals surface area contributed by atoms with E-state index in [-0.39, 0.29) is 18.0 Å². The molecule has 110 valence electrons. The zero-order chi connectivity index (χ0) is 14.7. The summed E-state index contributed by atoms with van der Waals surface area (Å²) in [6, 6.07) is 6.84. The third kappa shape index (κ3) is 3.30. The van der Waals surface area contributed by atoms with E-state index < -0.39 is 6.04 Å². The van der Waals surface area contributed by atoms with Crippen molar-refractivity contribution in [2.45, 2.75) is 25.0 Å². The number of ether oxygens (including phenoxy) is 1. The van der Waals surface area contributed by atoms with Gasteiger partial charge in [-0.25, -0.2) is 0 Å². The molecule has 3 atom stereocenters. The van der Waals surface area contributed by atoms with Gasteiger partial charge in [0.05, 0.1) is 19.3 Å². The summed E-state index contributed by atoms with van der Waals surface area (Å²) < 4.78 is 5.35. The Morgan fingerprint density at radius 3 is 2.65 bits per heavy atom.